The van der Waals surface area contributed by atoms with E-state index in [2.05, 4.69) is 15.3 Å². The van der Waals surface area contributed by atoms with Crippen molar-refractivity contribution in [2.24, 2.45) is 5.92 Å². The van der Waals surface area contributed by atoms with Crippen molar-refractivity contribution < 1.29 is 9.59 Å². The Balaban J connectivity index is 1.52. The lowest BCUT2D eigenvalue weighted by Gasteiger charge is -2.35. The molecule has 1 aromatic rings. The Labute approximate surface area is 163 Å². The van der Waals surface area contributed by atoms with Gasteiger partial charge >= 0.3 is 0 Å². The fraction of sp³-hybridized carbons (Fsp3) is 0.667. The molecule has 1 N–H and O–H groups in total. The molecule has 0 radical (unpaired) electrons. The number of carbonyl (C=O) groups is 2. The second kappa shape index (κ2) is 9.04. The highest BCUT2D eigenvalue weighted by molar-refractivity contribution is 7.98. The summed E-state index contributed by atoms with van der Waals surface area (Å²) >= 11 is 7.44. The molecule has 1 saturated carbocycles. The molecule has 2 aliphatic rings. The van der Waals surface area contributed by atoms with Crippen LogP contribution in [0.1, 0.15) is 55.4 Å². The zero-order chi connectivity index (χ0) is 18.5. The van der Waals surface area contributed by atoms with Gasteiger partial charge in [0.25, 0.3) is 5.91 Å². The molecule has 2 fully saturated rings. The second-order valence-electron chi connectivity index (χ2n) is 6.96. The Morgan fingerprint density at radius 1 is 1.19 bits per heavy atom. The lowest BCUT2D eigenvalue weighted by atomic mass is 9.87. The number of amides is 2. The number of rotatable bonds is 4. The van der Waals surface area contributed by atoms with Crippen molar-refractivity contribution in [3.05, 3.63) is 16.9 Å². The number of thioether (sulfide) groups is 1. The van der Waals surface area contributed by atoms with E-state index in [0.29, 0.717) is 24.2 Å². The smallest absolute Gasteiger partial charge is 0.271 e. The molecule has 6 nitrogen and oxygen atoms in total. The number of hydrogen-bond acceptors (Lipinski definition) is 5. The maximum atomic E-state index is 12.6. The molecule has 0 unspecified atom stereocenters. The average Bonchev–Trinajstić information content (AvgIpc) is 2.69. The molecule has 26 heavy (non-hydrogen) atoms. The fourth-order valence-electron chi connectivity index (χ4n) is 3.71. The summed E-state index contributed by atoms with van der Waals surface area (Å²) in [6, 6.07) is 0.0432. The van der Waals surface area contributed by atoms with Crippen LogP contribution in [0, 0.1) is 5.92 Å². The highest BCUT2D eigenvalue weighted by Crippen LogP contribution is 2.26. The number of nitrogens with one attached hydrogen (secondary N) is 1. The molecule has 0 bridgehead atoms. The van der Waals surface area contributed by atoms with Crippen LogP contribution in [0.5, 0.6) is 0 Å². The van der Waals surface area contributed by atoms with Crippen LogP contribution in [-0.2, 0) is 4.79 Å². The second-order valence-corrected chi connectivity index (χ2v) is 8.14. The molecule has 0 spiro atoms. The summed E-state index contributed by atoms with van der Waals surface area (Å²) in [6.07, 6.45) is 10.5. The highest BCUT2D eigenvalue weighted by Gasteiger charge is 2.30. The minimum atomic E-state index is -0.273. The maximum Gasteiger partial charge on any atom is 0.271 e. The lowest BCUT2D eigenvalue weighted by Crippen LogP contribution is -2.48. The minimum Gasteiger partial charge on any atom is -0.348 e. The van der Waals surface area contributed by atoms with Gasteiger partial charge in [-0.15, -0.1) is 0 Å². The average molecular weight is 397 g/mol. The van der Waals surface area contributed by atoms with Crippen LogP contribution >= 0.6 is 23.4 Å². The van der Waals surface area contributed by atoms with Crippen molar-refractivity contribution in [2.75, 3.05) is 19.3 Å². The van der Waals surface area contributed by atoms with Gasteiger partial charge in [0.2, 0.25) is 5.91 Å². The molecule has 1 aromatic heterocycles. The van der Waals surface area contributed by atoms with E-state index < -0.39 is 0 Å². The van der Waals surface area contributed by atoms with Crippen molar-refractivity contribution >= 4 is 35.2 Å². The highest BCUT2D eigenvalue weighted by atomic mass is 35.5. The summed E-state index contributed by atoms with van der Waals surface area (Å²) in [7, 11) is 0. The van der Waals surface area contributed by atoms with Gasteiger partial charge in [-0.05, 0) is 31.9 Å². The molecule has 2 amide bonds. The summed E-state index contributed by atoms with van der Waals surface area (Å²) in [5.74, 6) is 0.238. The van der Waals surface area contributed by atoms with Gasteiger partial charge in [0.15, 0.2) is 10.9 Å². The number of piperidine rings is 1. The molecule has 142 valence electrons. The van der Waals surface area contributed by atoms with E-state index >= 15 is 0 Å². The molecule has 3 rings (SSSR count). The molecule has 0 atom stereocenters. The van der Waals surface area contributed by atoms with Crippen LogP contribution in [0.15, 0.2) is 11.4 Å². The standard InChI is InChI=1S/C18H25ClN4O2S/c1-26-18-20-11-14(19)15(22-18)16(24)21-13-7-9-23(10-8-13)17(25)12-5-3-2-4-6-12/h11-13H,2-10H2,1H3,(H,21,24). The third kappa shape index (κ3) is 4.68. The van der Waals surface area contributed by atoms with Gasteiger partial charge in [0.05, 0.1) is 11.2 Å². The predicted octanol–water partition coefficient (Wildman–Crippen LogP) is 3.15. The zero-order valence-corrected chi connectivity index (χ0v) is 16.6. The van der Waals surface area contributed by atoms with E-state index in [-0.39, 0.29) is 28.6 Å². The third-order valence-electron chi connectivity index (χ3n) is 5.22. The predicted molar refractivity (Wildman–Crippen MR) is 102 cm³/mol. The molecule has 1 saturated heterocycles. The Morgan fingerprint density at radius 3 is 2.54 bits per heavy atom. The first-order valence-electron chi connectivity index (χ1n) is 9.24. The first kappa shape index (κ1) is 19.4. The fourth-order valence-corrected chi connectivity index (χ4v) is 4.23. The van der Waals surface area contributed by atoms with Gasteiger partial charge in [0, 0.05) is 25.0 Å². The first-order valence-corrected chi connectivity index (χ1v) is 10.8. The van der Waals surface area contributed by atoms with Crippen molar-refractivity contribution in [3.8, 4) is 0 Å². The first-order chi connectivity index (χ1) is 12.6. The Morgan fingerprint density at radius 2 is 1.88 bits per heavy atom. The van der Waals surface area contributed by atoms with E-state index in [1.165, 1.54) is 37.2 Å². The molecule has 8 heteroatoms. The number of halogens is 1. The number of hydrogen-bond donors (Lipinski definition) is 1. The largest absolute Gasteiger partial charge is 0.348 e. The van der Waals surface area contributed by atoms with Gasteiger partial charge in [-0.1, -0.05) is 42.6 Å². The van der Waals surface area contributed by atoms with Crippen molar-refractivity contribution in [3.63, 3.8) is 0 Å². The Bertz CT molecular complexity index is 659. The Hall–Kier alpha value is -1.34. The normalized spacial score (nSPS) is 19.4. The van der Waals surface area contributed by atoms with Gasteiger partial charge in [-0.2, -0.15) is 0 Å². The van der Waals surface area contributed by atoms with Crippen LogP contribution < -0.4 is 5.32 Å². The van der Waals surface area contributed by atoms with Crippen molar-refractivity contribution in [1.29, 1.82) is 0 Å². The van der Waals surface area contributed by atoms with E-state index in [0.717, 1.165) is 25.7 Å². The summed E-state index contributed by atoms with van der Waals surface area (Å²) in [5.41, 5.74) is 0.215. The van der Waals surface area contributed by atoms with Crippen molar-refractivity contribution in [2.45, 2.75) is 56.1 Å². The molecule has 0 aromatic carbocycles. The minimum absolute atomic E-state index is 0.0432. The van der Waals surface area contributed by atoms with Gasteiger partial charge < -0.3 is 10.2 Å². The summed E-state index contributed by atoms with van der Waals surface area (Å²) in [6.45, 7) is 1.40. The van der Waals surface area contributed by atoms with E-state index in [1.54, 1.807) is 0 Å². The topological polar surface area (TPSA) is 75.2 Å². The van der Waals surface area contributed by atoms with Gasteiger partial charge in [0.1, 0.15) is 0 Å². The van der Waals surface area contributed by atoms with Gasteiger partial charge in [-0.25, -0.2) is 9.97 Å². The number of nitrogens with zero attached hydrogens (tertiary/aromatic N) is 3. The molecule has 1 aliphatic carbocycles. The number of carbonyl (C=O) groups excluding carboxylic acids is 2. The summed E-state index contributed by atoms with van der Waals surface area (Å²) in [4.78, 5) is 35.3. The zero-order valence-electron chi connectivity index (χ0n) is 15.0. The van der Waals surface area contributed by atoms with Crippen LogP contribution in [0.25, 0.3) is 0 Å². The van der Waals surface area contributed by atoms with Crippen LogP contribution in [0.4, 0.5) is 0 Å². The van der Waals surface area contributed by atoms with Crippen LogP contribution in [0.3, 0.4) is 0 Å². The number of aromatic nitrogens is 2. The Kier molecular flexibility index (Phi) is 6.75. The molecule has 2 heterocycles. The van der Waals surface area contributed by atoms with Gasteiger partial charge in [-0.3, -0.25) is 9.59 Å². The maximum absolute atomic E-state index is 12.6. The molecule has 1 aliphatic heterocycles. The summed E-state index contributed by atoms with van der Waals surface area (Å²) in [5, 5.41) is 3.78. The van der Waals surface area contributed by atoms with E-state index in [1.807, 2.05) is 11.2 Å². The summed E-state index contributed by atoms with van der Waals surface area (Å²) < 4.78 is 0. The quantitative estimate of drug-likeness (QED) is 0.625. The van der Waals surface area contributed by atoms with Crippen LogP contribution in [-0.4, -0.2) is 52.1 Å². The lowest BCUT2D eigenvalue weighted by molar-refractivity contribution is -0.137. The van der Waals surface area contributed by atoms with Crippen LogP contribution in [0.2, 0.25) is 5.02 Å². The van der Waals surface area contributed by atoms with E-state index in [9.17, 15) is 9.59 Å². The SMILES string of the molecule is CSc1ncc(Cl)c(C(=O)NC2CCN(C(=O)C3CCCCC3)CC2)n1. The monoisotopic (exact) mass is 396 g/mol. The molecular formula is C18H25ClN4O2S. The third-order valence-corrected chi connectivity index (χ3v) is 6.05. The van der Waals surface area contributed by atoms with Crippen molar-refractivity contribution in [1.82, 2.24) is 20.2 Å². The molecular weight excluding hydrogens is 372 g/mol. The number of likely N-dealkylation sites (tertiary alicyclic amines) is 1. The van der Waals surface area contributed by atoms with E-state index in [4.69, 9.17) is 11.6 Å².